The molecule has 1 saturated carbocycles. The molecule has 0 radical (unpaired) electrons. The van der Waals surface area contributed by atoms with Crippen LogP contribution in [-0.2, 0) is 6.54 Å². The van der Waals surface area contributed by atoms with Gasteiger partial charge in [0.05, 0.1) is 17.1 Å². The van der Waals surface area contributed by atoms with Crippen molar-refractivity contribution >= 4 is 16.8 Å². The minimum Gasteiger partial charge on any atom is -0.378 e. The molecule has 0 aromatic carbocycles. The van der Waals surface area contributed by atoms with Gasteiger partial charge in [0.15, 0.2) is 0 Å². The average Bonchev–Trinajstić information content (AvgIpc) is 2.95. The van der Waals surface area contributed by atoms with Gasteiger partial charge in [-0.2, -0.15) is 0 Å². The molecule has 1 fully saturated rings. The standard InChI is InChI=1S/C20H28N4OS/c1-14(23(3)4)10-11-21-19-15(2)17-18(26-19)20(25)24(13-22-17)12-16-8-6-5-7-9-16/h10-11,13,15-16H,1,5-9,12H2,2-4H3/b11-10-,21-19+. The van der Waals surface area contributed by atoms with E-state index in [1.807, 2.05) is 25.1 Å². The van der Waals surface area contributed by atoms with E-state index in [0.717, 1.165) is 27.9 Å². The summed E-state index contributed by atoms with van der Waals surface area (Å²) >= 11 is 1.47. The maximum absolute atomic E-state index is 12.9. The SMILES string of the molecule is C=C(/C=C\N=C1\Sc2c(ncn(CC3CCCCC3)c2=O)C1C)N(C)C. The molecule has 140 valence electrons. The predicted octanol–water partition coefficient (Wildman–Crippen LogP) is 4.02. The Hall–Kier alpha value is -1.82. The van der Waals surface area contributed by atoms with Crippen LogP contribution in [0.2, 0.25) is 0 Å². The smallest absolute Gasteiger partial charge is 0.267 e. The number of hydrogen-bond acceptors (Lipinski definition) is 5. The van der Waals surface area contributed by atoms with Gasteiger partial charge in [-0.1, -0.05) is 44.5 Å². The summed E-state index contributed by atoms with van der Waals surface area (Å²) in [6.45, 7) is 6.81. The molecule has 6 heteroatoms. The van der Waals surface area contributed by atoms with Crippen molar-refractivity contribution in [2.75, 3.05) is 14.1 Å². The number of fused-ring (bicyclic) bond motifs is 1. The Morgan fingerprint density at radius 3 is 2.85 bits per heavy atom. The second kappa shape index (κ2) is 8.25. The van der Waals surface area contributed by atoms with E-state index in [0.29, 0.717) is 5.92 Å². The number of aromatic nitrogens is 2. The van der Waals surface area contributed by atoms with Gasteiger partial charge < -0.3 is 4.90 Å². The van der Waals surface area contributed by atoms with E-state index in [9.17, 15) is 4.79 Å². The van der Waals surface area contributed by atoms with Crippen molar-refractivity contribution in [1.82, 2.24) is 14.5 Å². The summed E-state index contributed by atoms with van der Waals surface area (Å²) in [5, 5.41) is 0.919. The molecular formula is C20H28N4OS. The zero-order chi connectivity index (χ0) is 18.7. The molecule has 1 atom stereocenters. The third kappa shape index (κ3) is 4.11. The van der Waals surface area contributed by atoms with Crippen molar-refractivity contribution in [1.29, 1.82) is 0 Å². The zero-order valence-corrected chi connectivity index (χ0v) is 16.8. The molecule has 1 aromatic rings. The maximum Gasteiger partial charge on any atom is 0.267 e. The first-order valence-electron chi connectivity index (χ1n) is 9.35. The van der Waals surface area contributed by atoms with E-state index >= 15 is 0 Å². The van der Waals surface area contributed by atoms with Gasteiger partial charge in [0, 0.05) is 38.5 Å². The van der Waals surface area contributed by atoms with E-state index in [2.05, 4.69) is 23.5 Å². The first kappa shape index (κ1) is 19.0. The van der Waals surface area contributed by atoms with Crippen LogP contribution in [-0.4, -0.2) is 33.6 Å². The van der Waals surface area contributed by atoms with Gasteiger partial charge in [-0.05, 0) is 24.8 Å². The summed E-state index contributed by atoms with van der Waals surface area (Å²) in [5.41, 5.74) is 1.83. The first-order chi connectivity index (χ1) is 12.5. The molecule has 5 nitrogen and oxygen atoms in total. The summed E-state index contributed by atoms with van der Waals surface area (Å²) in [5.74, 6) is 0.669. The molecule has 2 aliphatic rings. The zero-order valence-electron chi connectivity index (χ0n) is 15.9. The topological polar surface area (TPSA) is 50.5 Å². The first-order valence-corrected chi connectivity index (χ1v) is 10.2. The number of aliphatic imine (C=N–C) groups is 1. The molecule has 3 rings (SSSR count). The Labute approximate surface area is 159 Å². The van der Waals surface area contributed by atoms with Gasteiger partial charge in [0.2, 0.25) is 0 Å². The van der Waals surface area contributed by atoms with Gasteiger partial charge in [-0.15, -0.1) is 0 Å². The van der Waals surface area contributed by atoms with Gasteiger partial charge in [0.25, 0.3) is 5.56 Å². The predicted molar refractivity (Wildman–Crippen MR) is 109 cm³/mol. The Morgan fingerprint density at radius 1 is 1.42 bits per heavy atom. The molecule has 0 bridgehead atoms. The van der Waals surface area contributed by atoms with Crippen LogP contribution in [0.15, 0.2) is 45.6 Å². The minimum atomic E-state index is 0.0595. The van der Waals surface area contributed by atoms with Crippen LogP contribution in [0, 0.1) is 5.92 Å². The van der Waals surface area contributed by atoms with Crippen LogP contribution in [0.1, 0.15) is 50.6 Å². The second-order valence-electron chi connectivity index (χ2n) is 7.41. The highest BCUT2D eigenvalue weighted by molar-refractivity contribution is 8.14. The molecular weight excluding hydrogens is 344 g/mol. The third-order valence-corrected chi connectivity index (χ3v) is 6.49. The van der Waals surface area contributed by atoms with E-state index in [1.54, 1.807) is 17.1 Å². The highest BCUT2D eigenvalue weighted by atomic mass is 32.2. The molecule has 0 N–H and O–H groups in total. The Morgan fingerprint density at radius 2 is 2.15 bits per heavy atom. The van der Waals surface area contributed by atoms with Crippen molar-refractivity contribution in [2.24, 2.45) is 10.9 Å². The van der Waals surface area contributed by atoms with Gasteiger partial charge in [-0.25, -0.2) is 4.98 Å². The summed E-state index contributed by atoms with van der Waals surface area (Å²) in [7, 11) is 3.89. The lowest BCUT2D eigenvalue weighted by Crippen LogP contribution is -2.27. The van der Waals surface area contributed by atoms with Gasteiger partial charge in [0.1, 0.15) is 4.90 Å². The fraction of sp³-hybridized carbons (Fsp3) is 0.550. The molecule has 0 saturated heterocycles. The lowest BCUT2D eigenvalue weighted by atomic mass is 9.89. The maximum atomic E-state index is 12.9. The van der Waals surface area contributed by atoms with Crippen LogP contribution in [0.4, 0.5) is 0 Å². The lowest BCUT2D eigenvalue weighted by Gasteiger charge is -2.22. The highest BCUT2D eigenvalue weighted by Crippen LogP contribution is 2.38. The van der Waals surface area contributed by atoms with E-state index in [4.69, 9.17) is 0 Å². The number of rotatable bonds is 5. The normalized spacial score (nSPS) is 22.1. The number of allylic oxidation sites excluding steroid dienone is 1. The Kier molecular flexibility index (Phi) is 6.01. The van der Waals surface area contributed by atoms with Crippen molar-refractivity contribution in [3.05, 3.63) is 46.9 Å². The fourth-order valence-corrected chi connectivity index (χ4v) is 4.61. The fourth-order valence-electron chi connectivity index (χ4n) is 3.46. The molecule has 2 heterocycles. The Balaban J connectivity index is 1.77. The number of nitrogens with zero attached hydrogens (tertiary/aromatic N) is 4. The van der Waals surface area contributed by atoms with Crippen LogP contribution in [0.5, 0.6) is 0 Å². The second-order valence-corrected chi connectivity index (χ2v) is 8.44. The molecule has 1 aliphatic heterocycles. The molecule has 26 heavy (non-hydrogen) atoms. The molecule has 0 amide bonds. The molecule has 1 aromatic heterocycles. The van der Waals surface area contributed by atoms with Crippen LogP contribution in [0.3, 0.4) is 0 Å². The third-order valence-electron chi connectivity index (χ3n) is 5.23. The minimum absolute atomic E-state index is 0.0595. The number of thioether (sulfide) groups is 1. The van der Waals surface area contributed by atoms with Crippen molar-refractivity contribution in [3.63, 3.8) is 0 Å². The molecule has 1 aliphatic carbocycles. The summed E-state index contributed by atoms with van der Waals surface area (Å²) in [6, 6.07) is 0. The van der Waals surface area contributed by atoms with E-state index < -0.39 is 0 Å². The highest BCUT2D eigenvalue weighted by Gasteiger charge is 2.31. The summed E-state index contributed by atoms with van der Waals surface area (Å²) < 4.78 is 1.81. The largest absolute Gasteiger partial charge is 0.378 e. The average molecular weight is 373 g/mol. The van der Waals surface area contributed by atoms with E-state index in [1.165, 1.54) is 43.9 Å². The van der Waals surface area contributed by atoms with Gasteiger partial charge >= 0.3 is 0 Å². The summed E-state index contributed by atoms with van der Waals surface area (Å²) in [4.78, 5) is 24.7. The van der Waals surface area contributed by atoms with Crippen molar-refractivity contribution < 1.29 is 0 Å². The summed E-state index contributed by atoms with van der Waals surface area (Å²) in [6.07, 6.45) is 11.7. The van der Waals surface area contributed by atoms with E-state index in [-0.39, 0.29) is 11.5 Å². The van der Waals surface area contributed by atoms with Crippen LogP contribution in [0.25, 0.3) is 0 Å². The monoisotopic (exact) mass is 372 g/mol. The van der Waals surface area contributed by atoms with Crippen molar-refractivity contribution in [3.8, 4) is 0 Å². The van der Waals surface area contributed by atoms with Crippen LogP contribution >= 0.6 is 11.8 Å². The van der Waals surface area contributed by atoms with Gasteiger partial charge in [-0.3, -0.25) is 14.4 Å². The van der Waals surface area contributed by atoms with Crippen LogP contribution < -0.4 is 5.56 Å². The number of likely N-dealkylation sites (N-methyl/N-ethyl adjacent to an activating group) is 1. The Bertz CT molecular complexity index is 787. The quantitative estimate of drug-likeness (QED) is 0.733. The van der Waals surface area contributed by atoms with Crippen molar-refractivity contribution in [2.45, 2.75) is 56.4 Å². The molecule has 0 spiro atoms. The number of hydrogen-bond donors (Lipinski definition) is 0. The lowest BCUT2D eigenvalue weighted by molar-refractivity contribution is 0.313. The molecule has 1 unspecified atom stereocenters.